The summed E-state index contributed by atoms with van der Waals surface area (Å²) in [4.78, 5) is 11.0. The van der Waals surface area contributed by atoms with Gasteiger partial charge in [-0.1, -0.05) is 11.6 Å². The van der Waals surface area contributed by atoms with Crippen LogP contribution in [-0.2, 0) is 0 Å². The lowest BCUT2D eigenvalue weighted by Gasteiger charge is -2.16. The number of hydrogen-bond acceptors (Lipinski definition) is 3. The van der Waals surface area contributed by atoms with Crippen molar-refractivity contribution >= 4 is 11.7 Å². The van der Waals surface area contributed by atoms with Gasteiger partial charge in [-0.05, 0) is 32.4 Å². The molecule has 16 heavy (non-hydrogen) atoms. The number of carboxylic acid groups (broad SMARTS) is 1. The molecule has 0 spiro atoms. The highest BCUT2D eigenvalue weighted by atomic mass is 16.4. The third-order valence-electron chi connectivity index (χ3n) is 2.37. The largest absolute Gasteiger partial charge is 0.478 e. The maximum Gasteiger partial charge on any atom is 0.337 e. The lowest BCUT2D eigenvalue weighted by molar-refractivity contribution is 0.0698. The molecule has 0 bridgehead atoms. The molecule has 1 aromatic carbocycles. The molecule has 88 valence electrons. The highest BCUT2D eigenvalue weighted by Gasteiger charge is 2.11. The van der Waals surface area contributed by atoms with E-state index in [2.05, 4.69) is 5.32 Å². The summed E-state index contributed by atoms with van der Waals surface area (Å²) in [6, 6.07) is 5.30. The normalized spacial score (nSPS) is 12.2. The van der Waals surface area contributed by atoms with E-state index in [4.69, 9.17) is 10.2 Å². The summed E-state index contributed by atoms with van der Waals surface area (Å²) in [5.41, 5.74) is 1.78. The van der Waals surface area contributed by atoms with Crippen molar-refractivity contribution in [1.82, 2.24) is 0 Å². The summed E-state index contributed by atoms with van der Waals surface area (Å²) in [5.74, 6) is -0.942. The van der Waals surface area contributed by atoms with Crippen molar-refractivity contribution in [2.45, 2.75) is 26.3 Å². The zero-order valence-electron chi connectivity index (χ0n) is 9.53. The van der Waals surface area contributed by atoms with Gasteiger partial charge in [-0.3, -0.25) is 0 Å². The van der Waals surface area contributed by atoms with Crippen LogP contribution in [0.2, 0.25) is 0 Å². The Hall–Kier alpha value is -1.55. The molecule has 0 fully saturated rings. The molecule has 4 heteroatoms. The zero-order chi connectivity index (χ0) is 12.1. The lowest BCUT2D eigenvalue weighted by atomic mass is 10.1. The molecule has 0 saturated carbocycles. The quantitative estimate of drug-likeness (QED) is 0.712. The molecule has 1 atom stereocenters. The minimum atomic E-state index is -0.942. The smallest absolute Gasteiger partial charge is 0.337 e. The van der Waals surface area contributed by atoms with E-state index in [1.54, 1.807) is 12.1 Å². The van der Waals surface area contributed by atoms with Crippen LogP contribution < -0.4 is 5.32 Å². The standard InChI is InChI=1S/C12H17NO3/c1-8-3-4-11(10(7-8)12(15)16)13-9(2)5-6-14/h3-4,7,9,13-14H,5-6H2,1-2H3,(H,15,16). The zero-order valence-corrected chi connectivity index (χ0v) is 9.53. The van der Waals surface area contributed by atoms with Crippen molar-refractivity contribution in [3.05, 3.63) is 29.3 Å². The van der Waals surface area contributed by atoms with E-state index in [1.807, 2.05) is 19.9 Å². The molecule has 1 rings (SSSR count). The molecule has 0 amide bonds. The van der Waals surface area contributed by atoms with Crippen LogP contribution in [0.5, 0.6) is 0 Å². The van der Waals surface area contributed by atoms with E-state index >= 15 is 0 Å². The second-order valence-electron chi connectivity index (χ2n) is 3.91. The van der Waals surface area contributed by atoms with E-state index in [1.165, 1.54) is 0 Å². The topological polar surface area (TPSA) is 69.6 Å². The molecule has 0 aliphatic heterocycles. The van der Waals surface area contributed by atoms with E-state index < -0.39 is 5.97 Å². The first kappa shape index (κ1) is 12.5. The number of nitrogens with one attached hydrogen (secondary N) is 1. The molecule has 1 unspecified atom stereocenters. The average Bonchev–Trinajstić information content (AvgIpc) is 2.20. The highest BCUT2D eigenvalue weighted by molar-refractivity contribution is 5.94. The first-order valence-corrected chi connectivity index (χ1v) is 5.26. The van der Waals surface area contributed by atoms with Crippen LogP contribution in [0.25, 0.3) is 0 Å². The minimum absolute atomic E-state index is 0.0470. The van der Waals surface area contributed by atoms with Gasteiger partial charge in [0.15, 0.2) is 0 Å². The number of carboxylic acids is 1. The van der Waals surface area contributed by atoms with Crippen molar-refractivity contribution in [3.63, 3.8) is 0 Å². The monoisotopic (exact) mass is 223 g/mol. The summed E-state index contributed by atoms with van der Waals surface area (Å²) >= 11 is 0. The molecule has 3 N–H and O–H groups in total. The predicted molar refractivity (Wildman–Crippen MR) is 62.9 cm³/mol. The van der Waals surface area contributed by atoms with E-state index in [-0.39, 0.29) is 18.2 Å². The van der Waals surface area contributed by atoms with Crippen molar-refractivity contribution in [1.29, 1.82) is 0 Å². The van der Waals surface area contributed by atoms with Gasteiger partial charge in [-0.25, -0.2) is 4.79 Å². The lowest BCUT2D eigenvalue weighted by Crippen LogP contribution is -2.18. The third-order valence-corrected chi connectivity index (χ3v) is 2.37. The van der Waals surface area contributed by atoms with Crippen LogP contribution in [0.1, 0.15) is 29.3 Å². The number of aliphatic hydroxyl groups is 1. The van der Waals surface area contributed by atoms with Gasteiger partial charge in [0.05, 0.1) is 5.56 Å². The van der Waals surface area contributed by atoms with Gasteiger partial charge in [0.1, 0.15) is 0 Å². The molecule has 0 aliphatic carbocycles. The summed E-state index contributed by atoms with van der Waals surface area (Å²) in [6.45, 7) is 3.84. The van der Waals surface area contributed by atoms with E-state index in [0.29, 0.717) is 12.1 Å². The molecular weight excluding hydrogens is 206 g/mol. The molecule has 4 nitrogen and oxygen atoms in total. The van der Waals surface area contributed by atoms with Gasteiger partial charge in [0, 0.05) is 18.3 Å². The minimum Gasteiger partial charge on any atom is -0.478 e. The maximum absolute atomic E-state index is 11.0. The van der Waals surface area contributed by atoms with Crippen LogP contribution in [-0.4, -0.2) is 28.8 Å². The van der Waals surface area contributed by atoms with Crippen LogP contribution in [0.15, 0.2) is 18.2 Å². The fourth-order valence-corrected chi connectivity index (χ4v) is 1.49. The van der Waals surface area contributed by atoms with Gasteiger partial charge in [-0.15, -0.1) is 0 Å². The van der Waals surface area contributed by atoms with Crippen LogP contribution in [0.3, 0.4) is 0 Å². The summed E-state index contributed by atoms with van der Waals surface area (Å²) in [6.07, 6.45) is 0.590. The Morgan fingerprint density at radius 2 is 2.19 bits per heavy atom. The van der Waals surface area contributed by atoms with Crippen molar-refractivity contribution in [2.24, 2.45) is 0 Å². The number of rotatable bonds is 5. The number of carbonyl (C=O) groups is 1. The Kier molecular flexibility index (Phi) is 4.31. The average molecular weight is 223 g/mol. The summed E-state index contributed by atoms with van der Waals surface area (Å²) in [7, 11) is 0. The van der Waals surface area contributed by atoms with Gasteiger partial charge in [-0.2, -0.15) is 0 Å². The van der Waals surface area contributed by atoms with E-state index in [0.717, 1.165) is 5.56 Å². The Bertz CT molecular complexity index is 377. The fraction of sp³-hybridized carbons (Fsp3) is 0.417. The first-order chi connectivity index (χ1) is 7.54. The van der Waals surface area contributed by atoms with Crippen LogP contribution >= 0.6 is 0 Å². The summed E-state index contributed by atoms with van der Waals surface area (Å²) in [5, 5.41) is 20.9. The second-order valence-corrected chi connectivity index (χ2v) is 3.91. The van der Waals surface area contributed by atoms with Gasteiger partial charge < -0.3 is 15.5 Å². The molecule has 0 aliphatic rings. The Balaban J connectivity index is 2.90. The van der Waals surface area contributed by atoms with Crippen LogP contribution in [0, 0.1) is 6.92 Å². The number of aryl methyl sites for hydroxylation is 1. The van der Waals surface area contributed by atoms with E-state index in [9.17, 15) is 4.79 Å². The third kappa shape index (κ3) is 3.24. The van der Waals surface area contributed by atoms with Crippen molar-refractivity contribution < 1.29 is 15.0 Å². The maximum atomic E-state index is 11.0. The number of anilines is 1. The van der Waals surface area contributed by atoms with Gasteiger partial charge >= 0.3 is 5.97 Å². The second kappa shape index (κ2) is 5.51. The highest BCUT2D eigenvalue weighted by Crippen LogP contribution is 2.18. The molecule has 0 heterocycles. The summed E-state index contributed by atoms with van der Waals surface area (Å²) < 4.78 is 0. The molecule has 0 saturated heterocycles. The number of hydrogen-bond donors (Lipinski definition) is 3. The fourth-order valence-electron chi connectivity index (χ4n) is 1.49. The van der Waals surface area contributed by atoms with Crippen LogP contribution in [0.4, 0.5) is 5.69 Å². The predicted octanol–water partition coefficient (Wildman–Crippen LogP) is 1.88. The van der Waals surface area contributed by atoms with Gasteiger partial charge in [0.25, 0.3) is 0 Å². The van der Waals surface area contributed by atoms with Gasteiger partial charge in [0.2, 0.25) is 0 Å². The SMILES string of the molecule is Cc1ccc(NC(C)CCO)c(C(=O)O)c1. The first-order valence-electron chi connectivity index (χ1n) is 5.26. The Labute approximate surface area is 94.9 Å². The van der Waals surface area contributed by atoms with Crippen molar-refractivity contribution in [2.75, 3.05) is 11.9 Å². The molecule has 0 radical (unpaired) electrons. The molecule has 1 aromatic rings. The number of aliphatic hydroxyl groups excluding tert-OH is 1. The number of benzene rings is 1. The molecular formula is C12H17NO3. The number of aromatic carboxylic acids is 1. The van der Waals surface area contributed by atoms with Crippen molar-refractivity contribution in [3.8, 4) is 0 Å². The Morgan fingerprint density at radius 1 is 1.50 bits per heavy atom. The Morgan fingerprint density at radius 3 is 2.75 bits per heavy atom. The molecule has 0 aromatic heterocycles.